The van der Waals surface area contributed by atoms with Gasteiger partial charge in [0.05, 0.1) is 16.6 Å². The average molecular weight is 323 g/mol. The molecule has 0 radical (unpaired) electrons. The van der Waals surface area contributed by atoms with Crippen molar-refractivity contribution in [3.63, 3.8) is 0 Å². The summed E-state index contributed by atoms with van der Waals surface area (Å²) >= 11 is 0. The first-order valence-corrected chi connectivity index (χ1v) is 7.87. The third kappa shape index (κ3) is 2.64. The van der Waals surface area contributed by atoms with Crippen LogP contribution in [-0.4, -0.2) is 51.9 Å². The number of pyridine rings is 1. The Labute approximate surface area is 137 Å². The van der Waals surface area contributed by atoms with Crippen LogP contribution in [0.25, 0.3) is 11.0 Å². The van der Waals surface area contributed by atoms with Gasteiger partial charge in [-0.3, -0.25) is 9.78 Å². The number of benzene rings is 1. The molecule has 7 heteroatoms. The van der Waals surface area contributed by atoms with Gasteiger partial charge in [-0.2, -0.15) is 0 Å². The predicted molar refractivity (Wildman–Crippen MR) is 91.3 cm³/mol. The van der Waals surface area contributed by atoms with Crippen LogP contribution in [0.3, 0.4) is 0 Å². The number of hydrogen-bond donors (Lipinski definition) is 2. The molecule has 1 aromatic carbocycles. The highest BCUT2D eigenvalue weighted by atomic mass is 16.2. The molecule has 0 spiro atoms. The van der Waals surface area contributed by atoms with Crippen LogP contribution in [0, 0.1) is 0 Å². The van der Waals surface area contributed by atoms with Crippen molar-refractivity contribution in [3.8, 4) is 0 Å². The van der Waals surface area contributed by atoms with Crippen molar-refractivity contribution in [1.82, 2.24) is 19.9 Å². The monoisotopic (exact) mass is 323 g/mol. The number of anilines is 1. The molecule has 1 aliphatic rings. The molecule has 7 nitrogen and oxygen atoms in total. The maximum Gasteiger partial charge on any atom is 0.323 e. The largest absolute Gasteiger partial charge is 0.368 e. The molecular formula is C17H17N5O2. The van der Waals surface area contributed by atoms with Crippen molar-refractivity contribution in [1.29, 1.82) is 0 Å². The quantitative estimate of drug-likeness (QED) is 0.742. The van der Waals surface area contributed by atoms with Crippen molar-refractivity contribution < 1.29 is 4.79 Å². The summed E-state index contributed by atoms with van der Waals surface area (Å²) in [6.07, 6.45) is 3.26. The van der Waals surface area contributed by atoms with E-state index in [4.69, 9.17) is 0 Å². The summed E-state index contributed by atoms with van der Waals surface area (Å²) in [5.41, 5.74) is 3.07. The number of hydrogen-bond acceptors (Lipinski definition) is 4. The van der Waals surface area contributed by atoms with Gasteiger partial charge >= 0.3 is 5.69 Å². The van der Waals surface area contributed by atoms with Gasteiger partial charge in [-0.1, -0.05) is 0 Å². The first kappa shape index (κ1) is 14.5. The van der Waals surface area contributed by atoms with E-state index in [1.807, 2.05) is 23.1 Å². The summed E-state index contributed by atoms with van der Waals surface area (Å²) in [5, 5.41) is 0. The number of carbonyl (C=O) groups is 1. The van der Waals surface area contributed by atoms with E-state index < -0.39 is 0 Å². The lowest BCUT2D eigenvalue weighted by Gasteiger charge is -2.36. The minimum Gasteiger partial charge on any atom is -0.368 e. The molecule has 1 aliphatic heterocycles. The molecule has 1 fully saturated rings. The van der Waals surface area contributed by atoms with Gasteiger partial charge in [-0.15, -0.1) is 0 Å². The molecule has 3 aromatic rings. The Morgan fingerprint density at radius 3 is 2.58 bits per heavy atom. The van der Waals surface area contributed by atoms with Crippen molar-refractivity contribution in [2.45, 2.75) is 0 Å². The van der Waals surface area contributed by atoms with Crippen LogP contribution in [0.2, 0.25) is 0 Å². The minimum absolute atomic E-state index is 0.0215. The van der Waals surface area contributed by atoms with E-state index in [0.29, 0.717) is 18.7 Å². The van der Waals surface area contributed by atoms with Gasteiger partial charge < -0.3 is 19.8 Å². The zero-order chi connectivity index (χ0) is 16.5. The van der Waals surface area contributed by atoms with Crippen molar-refractivity contribution in [2.75, 3.05) is 31.1 Å². The minimum atomic E-state index is -0.200. The normalized spacial score (nSPS) is 15.0. The van der Waals surface area contributed by atoms with E-state index in [0.717, 1.165) is 29.8 Å². The topological polar surface area (TPSA) is 85.1 Å². The molecule has 4 rings (SSSR count). The van der Waals surface area contributed by atoms with E-state index in [2.05, 4.69) is 19.9 Å². The number of imidazole rings is 1. The fraction of sp³-hybridized carbons (Fsp3) is 0.235. The van der Waals surface area contributed by atoms with Crippen molar-refractivity contribution in [3.05, 3.63) is 58.8 Å². The van der Waals surface area contributed by atoms with Crippen LogP contribution >= 0.6 is 0 Å². The molecule has 2 aromatic heterocycles. The van der Waals surface area contributed by atoms with Crippen molar-refractivity contribution in [2.24, 2.45) is 0 Å². The zero-order valence-electron chi connectivity index (χ0n) is 13.0. The Kier molecular flexibility index (Phi) is 3.53. The Morgan fingerprint density at radius 2 is 1.83 bits per heavy atom. The summed E-state index contributed by atoms with van der Waals surface area (Å²) in [4.78, 5) is 37.4. The molecule has 2 N–H and O–H groups in total. The fourth-order valence-electron chi connectivity index (χ4n) is 3.06. The maximum absolute atomic E-state index is 12.4. The number of piperazine rings is 1. The number of fused-ring (bicyclic) bond motifs is 1. The Bertz CT molecular complexity index is 923. The fourth-order valence-corrected chi connectivity index (χ4v) is 3.06. The molecule has 3 heterocycles. The van der Waals surface area contributed by atoms with Crippen LogP contribution in [0.15, 0.2) is 47.5 Å². The van der Waals surface area contributed by atoms with Gasteiger partial charge in [-0.05, 0) is 30.3 Å². The smallest absolute Gasteiger partial charge is 0.323 e. The van der Waals surface area contributed by atoms with Gasteiger partial charge in [0, 0.05) is 44.3 Å². The highest BCUT2D eigenvalue weighted by Gasteiger charge is 2.22. The van der Waals surface area contributed by atoms with Gasteiger partial charge in [-0.25, -0.2) is 4.79 Å². The number of amides is 1. The Balaban J connectivity index is 1.47. The molecular weight excluding hydrogens is 306 g/mol. The Hall–Kier alpha value is -3.09. The second-order valence-corrected chi connectivity index (χ2v) is 5.83. The molecule has 0 atom stereocenters. The van der Waals surface area contributed by atoms with Gasteiger partial charge in [0.15, 0.2) is 0 Å². The van der Waals surface area contributed by atoms with Crippen LogP contribution in [0.4, 0.5) is 5.69 Å². The van der Waals surface area contributed by atoms with Crippen LogP contribution in [0.1, 0.15) is 10.4 Å². The molecule has 24 heavy (non-hydrogen) atoms. The van der Waals surface area contributed by atoms with E-state index >= 15 is 0 Å². The molecule has 122 valence electrons. The lowest BCUT2D eigenvalue weighted by molar-refractivity contribution is 0.0746. The molecule has 1 saturated heterocycles. The summed E-state index contributed by atoms with van der Waals surface area (Å²) in [7, 11) is 0. The lowest BCUT2D eigenvalue weighted by Crippen LogP contribution is -2.48. The van der Waals surface area contributed by atoms with Crippen LogP contribution < -0.4 is 10.6 Å². The van der Waals surface area contributed by atoms with E-state index in [1.54, 1.807) is 24.5 Å². The highest BCUT2D eigenvalue weighted by molar-refractivity contribution is 5.94. The number of nitrogens with zero attached hydrogens (tertiary/aromatic N) is 3. The number of aromatic nitrogens is 3. The number of H-pyrrole nitrogens is 2. The number of rotatable bonds is 2. The maximum atomic E-state index is 12.4. The first-order chi connectivity index (χ1) is 11.7. The van der Waals surface area contributed by atoms with Crippen molar-refractivity contribution >= 4 is 22.6 Å². The number of carbonyl (C=O) groups excluding carboxylic acids is 1. The summed E-state index contributed by atoms with van der Waals surface area (Å²) in [6.45, 7) is 2.84. The first-order valence-electron chi connectivity index (χ1n) is 7.87. The molecule has 0 unspecified atom stereocenters. The molecule has 0 bridgehead atoms. The standard InChI is InChI=1S/C17H17N5O2/c23-16(12-2-1-5-18-11-12)22-8-6-21(7-9-22)13-3-4-14-15(10-13)20-17(24)19-14/h1-5,10-11H,6-9H2,(H2,19,20,24). The number of aromatic amines is 2. The summed E-state index contributed by atoms with van der Waals surface area (Å²) in [5.74, 6) is 0.0215. The predicted octanol–water partition coefficient (Wildman–Crippen LogP) is 1.21. The number of nitrogens with one attached hydrogen (secondary N) is 2. The summed E-state index contributed by atoms with van der Waals surface area (Å²) < 4.78 is 0. The van der Waals surface area contributed by atoms with E-state index in [1.165, 1.54) is 0 Å². The lowest BCUT2D eigenvalue weighted by atomic mass is 10.2. The van der Waals surface area contributed by atoms with Gasteiger partial charge in [0.1, 0.15) is 0 Å². The molecule has 0 aliphatic carbocycles. The Morgan fingerprint density at radius 1 is 1.04 bits per heavy atom. The highest BCUT2D eigenvalue weighted by Crippen LogP contribution is 2.21. The third-order valence-electron chi connectivity index (χ3n) is 4.34. The second-order valence-electron chi connectivity index (χ2n) is 5.83. The average Bonchev–Trinajstić information content (AvgIpc) is 3.01. The summed E-state index contributed by atoms with van der Waals surface area (Å²) in [6, 6.07) is 9.42. The van der Waals surface area contributed by atoms with Gasteiger partial charge in [0.2, 0.25) is 0 Å². The SMILES string of the molecule is O=C(c1cccnc1)N1CCN(c2ccc3[nH]c(=O)[nH]c3c2)CC1. The van der Waals surface area contributed by atoms with Crippen LogP contribution in [0.5, 0.6) is 0 Å². The third-order valence-corrected chi connectivity index (χ3v) is 4.34. The van der Waals surface area contributed by atoms with Crippen LogP contribution in [-0.2, 0) is 0 Å². The molecule has 0 saturated carbocycles. The molecule has 1 amide bonds. The van der Waals surface area contributed by atoms with Gasteiger partial charge in [0.25, 0.3) is 5.91 Å². The van der Waals surface area contributed by atoms with E-state index in [-0.39, 0.29) is 11.6 Å². The van der Waals surface area contributed by atoms with E-state index in [9.17, 15) is 9.59 Å². The zero-order valence-corrected chi connectivity index (χ0v) is 13.0. The second kappa shape index (κ2) is 5.84.